The fourth-order valence-corrected chi connectivity index (χ4v) is 2.83. The van der Waals surface area contributed by atoms with Crippen LogP contribution in [-0.4, -0.2) is 28.0 Å². The van der Waals surface area contributed by atoms with E-state index in [4.69, 9.17) is 9.36 Å². The molecule has 2 aromatic carbocycles. The first-order chi connectivity index (χ1) is 13.0. The third-order valence-corrected chi connectivity index (χ3v) is 4.13. The van der Waals surface area contributed by atoms with E-state index in [0.29, 0.717) is 5.06 Å². The van der Waals surface area contributed by atoms with Crippen molar-refractivity contribution < 1.29 is 28.1 Å². The van der Waals surface area contributed by atoms with Crippen LogP contribution in [0.15, 0.2) is 53.1 Å². The number of aromatic nitrogens is 1. The molecular weight excluding hydrogens is 355 g/mol. The lowest BCUT2D eigenvalue weighted by molar-refractivity contribution is -0.0585. The van der Waals surface area contributed by atoms with Crippen molar-refractivity contribution in [1.82, 2.24) is 10.2 Å². The summed E-state index contributed by atoms with van der Waals surface area (Å²) in [5.41, 5.74) is 0.0471. The molecule has 0 fully saturated rings. The molecule has 2 amide bonds. The number of imide groups is 1. The molecule has 0 saturated carbocycles. The van der Waals surface area contributed by atoms with Gasteiger partial charge >= 0.3 is 5.97 Å². The molecular formula is C19H11FN2O5. The highest BCUT2D eigenvalue weighted by Gasteiger charge is 2.40. The Balaban J connectivity index is 1.68. The molecule has 0 bridgehead atoms. The van der Waals surface area contributed by atoms with Crippen LogP contribution in [0.2, 0.25) is 0 Å². The normalized spacial score (nSPS) is 13.0. The summed E-state index contributed by atoms with van der Waals surface area (Å²) in [7, 11) is 0. The van der Waals surface area contributed by atoms with Crippen LogP contribution in [0.4, 0.5) is 4.39 Å². The molecule has 4 rings (SSSR count). The van der Waals surface area contributed by atoms with Gasteiger partial charge in [-0.05, 0) is 31.2 Å². The van der Waals surface area contributed by atoms with Crippen molar-refractivity contribution in [3.63, 3.8) is 0 Å². The van der Waals surface area contributed by atoms with Crippen molar-refractivity contribution in [2.24, 2.45) is 0 Å². The van der Waals surface area contributed by atoms with E-state index in [-0.39, 0.29) is 33.7 Å². The first kappa shape index (κ1) is 16.6. The number of hydroxylamine groups is 2. The Morgan fingerprint density at radius 3 is 2.15 bits per heavy atom. The second kappa shape index (κ2) is 6.17. The summed E-state index contributed by atoms with van der Waals surface area (Å²) in [6.45, 7) is 1.44. The van der Waals surface area contributed by atoms with Crippen molar-refractivity contribution >= 4 is 17.8 Å². The van der Waals surface area contributed by atoms with Crippen LogP contribution in [0.3, 0.4) is 0 Å². The summed E-state index contributed by atoms with van der Waals surface area (Å²) < 4.78 is 19.1. The Hall–Kier alpha value is -3.81. The zero-order chi connectivity index (χ0) is 19.1. The van der Waals surface area contributed by atoms with Crippen LogP contribution < -0.4 is 0 Å². The molecule has 0 saturated heterocycles. The van der Waals surface area contributed by atoms with Gasteiger partial charge in [0, 0.05) is 5.56 Å². The first-order valence-corrected chi connectivity index (χ1v) is 7.90. The highest BCUT2D eigenvalue weighted by Crippen LogP contribution is 2.29. The number of fused-ring (bicyclic) bond motifs is 1. The van der Waals surface area contributed by atoms with Gasteiger partial charge < -0.3 is 9.36 Å². The Bertz CT molecular complexity index is 1070. The predicted octanol–water partition coefficient (Wildman–Crippen LogP) is 3.16. The van der Waals surface area contributed by atoms with Gasteiger partial charge in [0.1, 0.15) is 22.8 Å². The highest BCUT2D eigenvalue weighted by atomic mass is 19.1. The van der Waals surface area contributed by atoms with Crippen molar-refractivity contribution in [3.8, 4) is 11.3 Å². The van der Waals surface area contributed by atoms with Gasteiger partial charge in [0.2, 0.25) is 0 Å². The molecule has 0 aliphatic carbocycles. The first-order valence-electron chi connectivity index (χ1n) is 7.90. The molecule has 0 atom stereocenters. The minimum absolute atomic E-state index is 0.0312. The summed E-state index contributed by atoms with van der Waals surface area (Å²) in [5.74, 6) is -3.12. The Morgan fingerprint density at radius 2 is 1.56 bits per heavy atom. The SMILES string of the molecule is Cc1onc(-c2ccccc2F)c1C(=O)ON1C(=O)c2ccccc2C1=O. The van der Waals surface area contributed by atoms with E-state index in [1.807, 2.05) is 0 Å². The molecule has 1 aliphatic heterocycles. The minimum atomic E-state index is -1.05. The van der Waals surface area contributed by atoms with E-state index in [9.17, 15) is 18.8 Å². The Kier molecular flexibility index (Phi) is 3.80. The second-order valence-electron chi connectivity index (χ2n) is 5.77. The maximum atomic E-state index is 14.1. The van der Waals surface area contributed by atoms with E-state index >= 15 is 0 Å². The average molecular weight is 366 g/mol. The molecule has 1 aromatic heterocycles. The summed E-state index contributed by atoms with van der Waals surface area (Å²) in [5, 5.41) is 4.10. The third kappa shape index (κ3) is 2.58. The summed E-state index contributed by atoms with van der Waals surface area (Å²) in [4.78, 5) is 42.3. The lowest BCUT2D eigenvalue weighted by atomic mass is 10.1. The molecule has 2 heterocycles. The smallest absolute Gasteiger partial charge is 0.360 e. The summed E-state index contributed by atoms with van der Waals surface area (Å²) in [6.07, 6.45) is 0. The van der Waals surface area contributed by atoms with Gasteiger partial charge in [-0.15, -0.1) is 0 Å². The molecule has 3 aromatic rings. The van der Waals surface area contributed by atoms with E-state index < -0.39 is 23.6 Å². The van der Waals surface area contributed by atoms with E-state index in [2.05, 4.69) is 5.16 Å². The monoisotopic (exact) mass is 366 g/mol. The number of amides is 2. The molecule has 0 N–H and O–H groups in total. The fraction of sp³-hybridized carbons (Fsp3) is 0.0526. The molecule has 8 heteroatoms. The van der Waals surface area contributed by atoms with Gasteiger partial charge in [-0.25, -0.2) is 9.18 Å². The zero-order valence-electron chi connectivity index (χ0n) is 13.9. The van der Waals surface area contributed by atoms with E-state index in [1.165, 1.54) is 37.3 Å². The number of nitrogens with zero attached hydrogens (tertiary/aromatic N) is 2. The average Bonchev–Trinajstić information content (AvgIpc) is 3.16. The summed E-state index contributed by atoms with van der Waals surface area (Å²) >= 11 is 0. The maximum Gasteiger partial charge on any atom is 0.369 e. The van der Waals surface area contributed by atoms with Gasteiger partial charge in [0.05, 0.1) is 11.1 Å². The van der Waals surface area contributed by atoms with Crippen LogP contribution in [0.1, 0.15) is 36.8 Å². The molecule has 7 nitrogen and oxygen atoms in total. The van der Waals surface area contributed by atoms with Crippen LogP contribution in [-0.2, 0) is 4.84 Å². The van der Waals surface area contributed by atoms with Crippen molar-refractivity contribution in [2.75, 3.05) is 0 Å². The number of halogens is 1. The number of hydrogen-bond acceptors (Lipinski definition) is 6. The Morgan fingerprint density at radius 1 is 1.00 bits per heavy atom. The standard InChI is InChI=1S/C19H11FN2O5/c1-10-15(16(21-26-10)13-8-4-5-9-14(13)20)19(25)27-22-17(23)11-6-2-3-7-12(11)18(22)24/h2-9H,1H3. The van der Waals surface area contributed by atoms with Crippen molar-refractivity contribution in [2.45, 2.75) is 6.92 Å². The van der Waals surface area contributed by atoms with Gasteiger partial charge in [-0.3, -0.25) is 9.59 Å². The van der Waals surface area contributed by atoms with Gasteiger partial charge in [-0.1, -0.05) is 34.5 Å². The predicted molar refractivity (Wildman–Crippen MR) is 89.0 cm³/mol. The van der Waals surface area contributed by atoms with E-state index in [1.54, 1.807) is 18.2 Å². The van der Waals surface area contributed by atoms with Crippen LogP contribution in [0, 0.1) is 12.7 Å². The quantitative estimate of drug-likeness (QED) is 0.662. The summed E-state index contributed by atoms with van der Waals surface area (Å²) in [6, 6.07) is 11.8. The van der Waals surface area contributed by atoms with Crippen molar-refractivity contribution in [1.29, 1.82) is 0 Å². The fourth-order valence-electron chi connectivity index (χ4n) is 2.83. The number of carbonyl (C=O) groups is 3. The topological polar surface area (TPSA) is 89.7 Å². The maximum absolute atomic E-state index is 14.1. The number of benzene rings is 2. The molecule has 0 spiro atoms. The number of aryl methyl sites for hydroxylation is 1. The minimum Gasteiger partial charge on any atom is -0.360 e. The number of hydrogen-bond donors (Lipinski definition) is 0. The van der Waals surface area contributed by atoms with Gasteiger partial charge in [0.25, 0.3) is 11.8 Å². The van der Waals surface area contributed by atoms with Crippen LogP contribution in [0.5, 0.6) is 0 Å². The molecule has 0 unspecified atom stereocenters. The zero-order valence-corrected chi connectivity index (χ0v) is 13.9. The van der Waals surface area contributed by atoms with Crippen LogP contribution >= 0.6 is 0 Å². The second-order valence-corrected chi connectivity index (χ2v) is 5.77. The molecule has 0 radical (unpaired) electrons. The third-order valence-electron chi connectivity index (χ3n) is 4.13. The Labute approximate surface area is 151 Å². The van der Waals surface area contributed by atoms with Crippen LogP contribution in [0.25, 0.3) is 11.3 Å². The van der Waals surface area contributed by atoms with Gasteiger partial charge in [0.15, 0.2) is 0 Å². The highest BCUT2D eigenvalue weighted by molar-refractivity contribution is 6.21. The largest absolute Gasteiger partial charge is 0.369 e. The van der Waals surface area contributed by atoms with E-state index in [0.717, 1.165) is 0 Å². The number of carbonyl (C=O) groups excluding carboxylic acids is 3. The lowest BCUT2D eigenvalue weighted by Crippen LogP contribution is -2.32. The lowest BCUT2D eigenvalue weighted by Gasteiger charge is -2.12. The van der Waals surface area contributed by atoms with Crippen molar-refractivity contribution in [3.05, 3.63) is 76.8 Å². The van der Waals surface area contributed by atoms with Gasteiger partial charge in [-0.2, -0.15) is 0 Å². The molecule has 27 heavy (non-hydrogen) atoms. The number of rotatable bonds is 3. The molecule has 134 valence electrons. The molecule has 1 aliphatic rings.